The summed E-state index contributed by atoms with van der Waals surface area (Å²) in [5.74, 6) is -0.308. The average Bonchev–Trinajstić information content (AvgIpc) is 2.80. The minimum Gasteiger partial charge on any atom is -0.444 e. The van der Waals surface area contributed by atoms with Crippen LogP contribution in [-0.2, 0) is 15.9 Å². The van der Waals surface area contributed by atoms with Crippen molar-refractivity contribution in [3.63, 3.8) is 0 Å². The Morgan fingerprint density at radius 3 is 2.62 bits per heavy atom. The normalized spacial score (nSPS) is 21.2. The lowest BCUT2D eigenvalue weighted by Crippen LogP contribution is -2.49. The van der Waals surface area contributed by atoms with Gasteiger partial charge < -0.3 is 14.6 Å². The number of carbonyl (C=O) groups is 1. The summed E-state index contributed by atoms with van der Waals surface area (Å²) in [7, 11) is 0. The number of carbonyl (C=O) groups excluding carboxylic acids is 1. The van der Waals surface area contributed by atoms with Gasteiger partial charge in [0.15, 0.2) is 0 Å². The third-order valence-electron chi connectivity index (χ3n) is 4.02. The third kappa shape index (κ3) is 5.54. The van der Waals surface area contributed by atoms with Gasteiger partial charge in [-0.25, -0.2) is 9.18 Å². The Bertz CT molecular complexity index is 649. The molecule has 2 rings (SSSR count). The maximum Gasteiger partial charge on any atom is 0.413 e. The Hall–Kier alpha value is -1.92. The molecule has 26 heavy (non-hydrogen) atoms. The SMILES string of the molecule is CC(C)(C)OC(=O)N1[C@@H](/C=C/[C@@H](O)Cc2ccc(F)cc2)COC1(C)C. The molecular weight excluding hydrogens is 337 g/mol. The highest BCUT2D eigenvalue weighted by Gasteiger charge is 2.44. The molecule has 0 unspecified atom stereocenters. The summed E-state index contributed by atoms with van der Waals surface area (Å²) in [6.45, 7) is 9.37. The number of hydrogen-bond donors (Lipinski definition) is 1. The molecule has 0 bridgehead atoms. The van der Waals surface area contributed by atoms with Gasteiger partial charge in [-0.15, -0.1) is 0 Å². The zero-order chi connectivity index (χ0) is 19.5. The van der Waals surface area contributed by atoms with Gasteiger partial charge in [-0.05, 0) is 52.3 Å². The van der Waals surface area contributed by atoms with Crippen molar-refractivity contribution in [3.05, 3.63) is 47.8 Å². The highest BCUT2D eigenvalue weighted by atomic mass is 19.1. The molecule has 1 saturated heterocycles. The first-order valence-electron chi connectivity index (χ1n) is 8.75. The molecule has 1 aliphatic heterocycles. The molecular formula is C20H28FNO4. The fourth-order valence-electron chi connectivity index (χ4n) is 2.83. The van der Waals surface area contributed by atoms with Gasteiger partial charge in [0.2, 0.25) is 0 Å². The second-order valence-corrected chi connectivity index (χ2v) is 7.96. The standard InChI is InChI=1S/C20H28FNO4/c1-19(2,3)26-18(24)22-16(13-25-20(22,4)5)10-11-17(23)12-14-6-8-15(21)9-7-14/h6-11,16-17,23H,12-13H2,1-5H3/b11-10+/t16-,17+/m0/s1. The summed E-state index contributed by atoms with van der Waals surface area (Å²) in [4.78, 5) is 14.1. The zero-order valence-electron chi connectivity index (χ0n) is 16.0. The van der Waals surface area contributed by atoms with E-state index in [1.165, 1.54) is 12.1 Å². The van der Waals surface area contributed by atoms with Crippen LogP contribution in [0.3, 0.4) is 0 Å². The van der Waals surface area contributed by atoms with Crippen LogP contribution in [0.2, 0.25) is 0 Å². The quantitative estimate of drug-likeness (QED) is 0.828. The smallest absolute Gasteiger partial charge is 0.413 e. The average molecular weight is 365 g/mol. The number of rotatable bonds is 4. The summed E-state index contributed by atoms with van der Waals surface area (Å²) in [6.07, 6.45) is 2.55. The number of amides is 1. The van der Waals surface area contributed by atoms with Crippen LogP contribution in [0.1, 0.15) is 40.2 Å². The monoisotopic (exact) mass is 365 g/mol. The lowest BCUT2D eigenvalue weighted by atomic mass is 10.1. The van der Waals surface area contributed by atoms with E-state index in [0.717, 1.165) is 5.56 Å². The van der Waals surface area contributed by atoms with Gasteiger partial charge in [-0.1, -0.05) is 24.3 Å². The maximum atomic E-state index is 12.9. The van der Waals surface area contributed by atoms with Crippen LogP contribution in [0.25, 0.3) is 0 Å². The van der Waals surface area contributed by atoms with Crippen LogP contribution in [-0.4, -0.2) is 46.2 Å². The Balaban J connectivity index is 2.04. The van der Waals surface area contributed by atoms with E-state index in [2.05, 4.69) is 0 Å². The largest absolute Gasteiger partial charge is 0.444 e. The third-order valence-corrected chi connectivity index (χ3v) is 4.02. The molecule has 1 N–H and O–H groups in total. The van der Waals surface area contributed by atoms with Crippen molar-refractivity contribution in [1.29, 1.82) is 0 Å². The summed E-state index contributed by atoms with van der Waals surface area (Å²) < 4.78 is 24.1. The fourth-order valence-corrected chi connectivity index (χ4v) is 2.83. The molecule has 2 atom stereocenters. The molecule has 0 aliphatic carbocycles. The number of aliphatic hydroxyl groups excluding tert-OH is 1. The fraction of sp³-hybridized carbons (Fsp3) is 0.550. The molecule has 0 aromatic heterocycles. The van der Waals surface area contributed by atoms with E-state index in [-0.39, 0.29) is 11.9 Å². The number of nitrogens with zero attached hydrogens (tertiary/aromatic N) is 1. The summed E-state index contributed by atoms with van der Waals surface area (Å²) in [5.41, 5.74) is -0.568. The molecule has 0 radical (unpaired) electrons. The minimum atomic E-state index is -0.792. The van der Waals surface area contributed by atoms with Crippen molar-refractivity contribution in [1.82, 2.24) is 4.90 Å². The van der Waals surface area contributed by atoms with Crippen LogP contribution < -0.4 is 0 Å². The van der Waals surface area contributed by atoms with Crippen molar-refractivity contribution in [2.45, 2.75) is 64.5 Å². The van der Waals surface area contributed by atoms with Gasteiger partial charge >= 0.3 is 6.09 Å². The van der Waals surface area contributed by atoms with Gasteiger partial charge in [0, 0.05) is 6.42 Å². The van der Waals surface area contributed by atoms with Gasteiger partial charge in [0.1, 0.15) is 17.1 Å². The van der Waals surface area contributed by atoms with E-state index in [9.17, 15) is 14.3 Å². The Morgan fingerprint density at radius 1 is 1.42 bits per heavy atom. The summed E-state index contributed by atoms with van der Waals surface area (Å²) in [6, 6.07) is 5.68. The molecule has 0 spiro atoms. The Kier molecular flexibility index (Phi) is 6.09. The molecule has 1 heterocycles. The number of benzene rings is 1. The van der Waals surface area contributed by atoms with E-state index >= 15 is 0 Å². The Labute approximate surface area is 154 Å². The van der Waals surface area contributed by atoms with Crippen molar-refractivity contribution in [2.24, 2.45) is 0 Å². The van der Waals surface area contributed by atoms with Gasteiger partial charge in [0.05, 0.1) is 18.8 Å². The van der Waals surface area contributed by atoms with Gasteiger partial charge in [0.25, 0.3) is 0 Å². The number of ether oxygens (including phenoxy) is 2. The van der Waals surface area contributed by atoms with Crippen LogP contribution in [0, 0.1) is 5.82 Å². The number of hydrogen-bond acceptors (Lipinski definition) is 4. The second-order valence-electron chi connectivity index (χ2n) is 7.96. The first-order valence-corrected chi connectivity index (χ1v) is 8.75. The van der Waals surface area contributed by atoms with E-state index in [1.807, 2.05) is 20.8 Å². The highest BCUT2D eigenvalue weighted by molar-refractivity contribution is 5.70. The second kappa shape index (κ2) is 7.76. The van der Waals surface area contributed by atoms with Crippen molar-refractivity contribution < 1.29 is 23.8 Å². The van der Waals surface area contributed by atoms with Crippen LogP contribution in [0.15, 0.2) is 36.4 Å². The summed E-state index contributed by atoms with van der Waals surface area (Å²) in [5, 5.41) is 10.2. The highest BCUT2D eigenvalue weighted by Crippen LogP contribution is 2.30. The topological polar surface area (TPSA) is 59.0 Å². The van der Waals surface area contributed by atoms with Crippen LogP contribution in [0.5, 0.6) is 0 Å². The first-order chi connectivity index (χ1) is 12.0. The molecule has 1 fully saturated rings. The van der Waals surface area contributed by atoms with Crippen molar-refractivity contribution >= 4 is 6.09 Å². The lowest BCUT2D eigenvalue weighted by molar-refractivity contribution is -0.0610. The predicted molar refractivity (Wildman–Crippen MR) is 97.1 cm³/mol. The molecule has 1 aromatic carbocycles. The predicted octanol–water partition coefficient (Wildman–Crippen LogP) is 3.66. The molecule has 1 aliphatic rings. The van der Waals surface area contributed by atoms with Crippen LogP contribution >= 0.6 is 0 Å². The molecule has 5 nitrogen and oxygen atoms in total. The van der Waals surface area contributed by atoms with Gasteiger partial charge in [-0.2, -0.15) is 0 Å². The molecule has 1 amide bonds. The maximum absolute atomic E-state index is 12.9. The van der Waals surface area contributed by atoms with E-state index in [0.29, 0.717) is 13.0 Å². The van der Waals surface area contributed by atoms with E-state index in [4.69, 9.17) is 9.47 Å². The van der Waals surface area contributed by atoms with Crippen molar-refractivity contribution in [2.75, 3.05) is 6.61 Å². The van der Waals surface area contributed by atoms with E-state index < -0.39 is 23.5 Å². The molecule has 1 aromatic rings. The zero-order valence-corrected chi connectivity index (χ0v) is 16.0. The van der Waals surface area contributed by atoms with Crippen LogP contribution in [0.4, 0.5) is 9.18 Å². The first kappa shape index (κ1) is 20.4. The minimum absolute atomic E-state index is 0.308. The van der Waals surface area contributed by atoms with Gasteiger partial charge in [-0.3, -0.25) is 4.90 Å². The Morgan fingerprint density at radius 2 is 2.04 bits per heavy atom. The van der Waals surface area contributed by atoms with Crippen molar-refractivity contribution in [3.8, 4) is 0 Å². The van der Waals surface area contributed by atoms with E-state index in [1.54, 1.807) is 43.0 Å². The summed E-state index contributed by atoms with van der Waals surface area (Å²) >= 11 is 0. The molecule has 0 saturated carbocycles. The molecule has 6 heteroatoms. The number of halogens is 1. The number of aliphatic hydroxyl groups is 1. The lowest BCUT2D eigenvalue weighted by Gasteiger charge is -2.34. The molecule has 144 valence electrons.